The molecule has 0 aromatic rings. The fourth-order valence-corrected chi connectivity index (χ4v) is 0.232. The summed E-state index contributed by atoms with van der Waals surface area (Å²) in [5, 5.41) is 0.491. The highest BCUT2D eigenvalue weighted by Crippen LogP contribution is 1.92. The zero-order valence-corrected chi connectivity index (χ0v) is 7.77. The Labute approximate surface area is 74.6 Å². The first-order chi connectivity index (χ1) is 5.18. The van der Waals surface area contributed by atoms with Crippen molar-refractivity contribution in [2.24, 2.45) is 0 Å². The van der Waals surface area contributed by atoms with Crippen molar-refractivity contribution in [1.82, 2.24) is 0 Å². The van der Waals surface area contributed by atoms with Crippen LogP contribution in [-0.4, -0.2) is 0 Å². The minimum absolute atomic E-state index is 0.491. The standard InChI is InChI=1S/C6H10.C4H5Cl/c1-3-5-6-4-2;1-3-4(2)5/h3,5-6H,1,4H2,2H3;3H,1-2H2/b6-5+;. The summed E-state index contributed by atoms with van der Waals surface area (Å²) in [6.45, 7) is 12.3. The summed E-state index contributed by atoms with van der Waals surface area (Å²) in [7, 11) is 0. The predicted octanol–water partition coefficient (Wildman–Crippen LogP) is 4.06. The molecule has 0 fully saturated rings. The maximum absolute atomic E-state index is 5.15. The molecule has 0 atom stereocenters. The lowest BCUT2D eigenvalue weighted by Crippen LogP contribution is -1.46. The normalized spacial score (nSPS) is 8.18. The zero-order chi connectivity index (χ0) is 9.11. The van der Waals surface area contributed by atoms with Crippen LogP contribution in [-0.2, 0) is 0 Å². The van der Waals surface area contributed by atoms with Crippen LogP contribution in [0.15, 0.2) is 49.1 Å². The first kappa shape index (κ1) is 12.9. The Morgan fingerprint density at radius 3 is 2.00 bits per heavy atom. The lowest BCUT2D eigenvalue weighted by Gasteiger charge is -1.67. The van der Waals surface area contributed by atoms with Crippen LogP contribution in [0, 0.1) is 0 Å². The molecule has 11 heavy (non-hydrogen) atoms. The molecule has 0 aromatic heterocycles. The molecular weight excluding hydrogens is 156 g/mol. The molecule has 62 valence electrons. The Morgan fingerprint density at radius 1 is 1.45 bits per heavy atom. The third-order valence-corrected chi connectivity index (χ3v) is 0.884. The van der Waals surface area contributed by atoms with Crippen molar-refractivity contribution in [3.05, 3.63) is 49.1 Å². The fraction of sp³-hybridized carbons (Fsp3) is 0.200. The average molecular weight is 171 g/mol. The van der Waals surface area contributed by atoms with Gasteiger partial charge in [-0.15, -0.1) is 0 Å². The number of allylic oxidation sites excluding steroid dienone is 5. The van der Waals surface area contributed by atoms with Crippen LogP contribution in [0.4, 0.5) is 0 Å². The highest BCUT2D eigenvalue weighted by Gasteiger charge is 1.63. The van der Waals surface area contributed by atoms with Gasteiger partial charge in [0.05, 0.1) is 0 Å². The van der Waals surface area contributed by atoms with Crippen molar-refractivity contribution in [1.29, 1.82) is 0 Å². The molecule has 0 aliphatic heterocycles. The second-order valence-electron chi connectivity index (χ2n) is 1.72. The van der Waals surface area contributed by atoms with Crippen molar-refractivity contribution in [3.63, 3.8) is 0 Å². The van der Waals surface area contributed by atoms with Gasteiger partial charge in [-0.1, -0.05) is 62.6 Å². The molecule has 0 spiro atoms. The van der Waals surface area contributed by atoms with Gasteiger partial charge >= 0.3 is 0 Å². The third-order valence-electron chi connectivity index (χ3n) is 0.729. The number of hydrogen-bond donors (Lipinski definition) is 0. The second kappa shape index (κ2) is 12.0. The zero-order valence-electron chi connectivity index (χ0n) is 7.02. The molecule has 0 N–H and O–H groups in total. The summed E-state index contributed by atoms with van der Waals surface area (Å²) in [6.07, 6.45) is 8.38. The molecule has 1 heteroatoms. The van der Waals surface area contributed by atoms with Crippen LogP contribution in [0.25, 0.3) is 0 Å². The molecule has 0 bridgehead atoms. The van der Waals surface area contributed by atoms with Gasteiger partial charge < -0.3 is 0 Å². The van der Waals surface area contributed by atoms with Crippen LogP contribution in [0.3, 0.4) is 0 Å². The topological polar surface area (TPSA) is 0 Å². The van der Waals surface area contributed by atoms with Gasteiger partial charge in [0.25, 0.3) is 0 Å². The van der Waals surface area contributed by atoms with Crippen LogP contribution in [0.2, 0.25) is 0 Å². The van der Waals surface area contributed by atoms with E-state index in [1.807, 2.05) is 6.08 Å². The van der Waals surface area contributed by atoms with Gasteiger partial charge in [-0.2, -0.15) is 0 Å². The summed E-state index contributed by atoms with van der Waals surface area (Å²) in [6, 6.07) is 0. The Hall–Kier alpha value is -0.750. The Bertz CT molecular complexity index is 143. The van der Waals surface area contributed by atoms with Crippen molar-refractivity contribution in [2.75, 3.05) is 0 Å². The van der Waals surface area contributed by atoms with Crippen LogP contribution >= 0.6 is 11.6 Å². The largest absolute Gasteiger partial charge is 0.0991 e. The highest BCUT2D eigenvalue weighted by atomic mass is 35.5. The van der Waals surface area contributed by atoms with Crippen LogP contribution in [0.1, 0.15) is 13.3 Å². The van der Waals surface area contributed by atoms with E-state index in [2.05, 4.69) is 32.7 Å². The predicted molar refractivity (Wildman–Crippen MR) is 54.8 cm³/mol. The highest BCUT2D eigenvalue weighted by molar-refractivity contribution is 6.30. The average Bonchev–Trinajstić information content (AvgIpc) is 2.02. The molecule has 0 radical (unpaired) electrons. The minimum Gasteiger partial charge on any atom is -0.0991 e. The molecule has 0 unspecified atom stereocenters. The smallest absolute Gasteiger partial charge is 0.0328 e. The van der Waals surface area contributed by atoms with Gasteiger partial charge in [-0.3, -0.25) is 0 Å². The maximum Gasteiger partial charge on any atom is 0.0328 e. The summed E-state index contributed by atoms with van der Waals surface area (Å²) in [5.41, 5.74) is 0. The quantitative estimate of drug-likeness (QED) is 0.561. The van der Waals surface area contributed by atoms with E-state index >= 15 is 0 Å². The molecule has 0 rings (SSSR count). The van der Waals surface area contributed by atoms with Crippen molar-refractivity contribution >= 4 is 11.6 Å². The lowest BCUT2D eigenvalue weighted by atomic mass is 10.4. The molecule has 0 aromatic carbocycles. The molecule has 0 saturated heterocycles. The third kappa shape index (κ3) is 26.9. The molecule has 0 saturated carbocycles. The van der Waals surface area contributed by atoms with E-state index in [1.54, 1.807) is 6.08 Å². The lowest BCUT2D eigenvalue weighted by molar-refractivity contribution is 1.22. The summed E-state index contributed by atoms with van der Waals surface area (Å²) < 4.78 is 0. The number of halogens is 1. The van der Waals surface area contributed by atoms with Gasteiger partial charge in [-0.25, -0.2) is 0 Å². The van der Waals surface area contributed by atoms with Crippen LogP contribution in [0.5, 0.6) is 0 Å². The Kier molecular flexibility index (Phi) is 14.0. The first-order valence-corrected chi connectivity index (χ1v) is 3.81. The monoisotopic (exact) mass is 170 g/mol. The van der Waals surface area contributed by atoms with Gasteiger partial charge in [0.1, 0.15) is 0 Å². The van der Waals surface area contributed by atoms with Crippen molar-refractivity contribution in [3.8, 4) is 0 Å². The van der Waals surface area contributed by atoms with Gasteiger partial charge in [0, 0.05) is 5.03 Å². The van der Waals surface area contributed by atoms with Gasteiger partial charge in [-0.05, 0) is 6.42 Å². The Morgan fingerprint density at radius 2 is 1.91 bits per heavy atom. The van der Waals surface area contributed by atoms with E-state index in [1.165, 1.54) is 6.08 Å². The van der Waals surface area contributed by atoms with Gasteiger partial charge in [0.2, 0.25) is 0 Å². The minimum atomic E-state index is 0.491. The maximum atomic E-state index is 5.15. The second-order valence-corrected chi connectivity index (χ2v) is 2.21. The molecule has 0 amide bonds. The molecule has 0 aliphatic rings. The fourth-order valence-electron chi connectivity index (χ4n) is 0.232. The molecular formula is C10H15Cl. The number of hydrogen-bond acceptors (Lipinski definition) is 0. The summed E-state index contributed by atoms with van der Waals surface area (Å²) in [5.74, 6) is 0. The SMILES string of the molecule is C=C/C=C/CC.C=CC(=C)Cl. The van der Waals surface area contributed by atoms with E-state index in [0.717, 1.165) is 6.42 Å². The molecule has 0 nitrogen and oxygen atoms in total. The molecule has 0 aliphatic carbocycles. The number of rotatable bonds is 3. The van der Waals surface area contributed by atoms with E-state index in [0.29, 0.717) is 5.03 Å². The van der Waals surface area contributed by atoms with E-state index in [9.17, 15) is 0 Å². The first-order valence-electron chi connectivity index (χ1n) is 3.43. The van der Waals surface area contributed by atoms with Crippen LogP contribution < -0.4 is 0 Å². The van der Waals surface area contributed by atoms with E-state index in [4.69, 9.17) is 11.6 Å². The summed E-state index contributed by atoms with van der Waals surface area (Å²) in [4.78, 5) is 0. The Balaban J connectivity index is 0. The summed E-state index contributed by atoms with van der Waals surface area (Å²) >= 11 is 5.15. The van der Waals surface area contributed by atoms with E-state index < -0.39 is 0 Å². The van der Waals surface area contributed by atoms with Crippen molar-refractivity contribution in [2.45, 2.75) is 13.3 Å². The molecule has 0 heterocycles. The van der Waals surface area contributed by atoms with Gasteiger partial charge in [0.15, 0.2) is 0 Å². The van der Waals surface area contributed by atoms with Crippen molar-refractivity contribution < 1.29 is 0 Å². The van der Waals surface area contributed by atoms with E-state index in [-0.39, 0.29) is 0 Å².